The van der Waals surface area contributed by atoms with Crippen LogP contribution < -0.4 is 16.0 Å². The zero-order valence-corrected chi connectivity index (χ0v) is 23.9. The van der Waals surface area contributed by atoms with Crippen molar-refractivity contribution in [3.63, 3.8) is 0 Å². The molecule has 6 rings (SSSR count). The summed E-state index contributed by atoms with van der Waals surface area (Å²) in [6.45, 7) is 3.37. The summed E-state index contributed by atoms with van der Waals surface area (Å²) in [5.74, 6) is -0.183. The minimum absolute atomic E-state index is 0.0814. The summed E-state index contributed by atoms with van der Waals surface area (Å²) in [6.07, 6.45) is 2.65. The second kappa shape index (κ2) is 12.1. The van der Waals surface area contributed by atoms with E-state index in [1.54, 1.807) is 11.3 Å². The number of nitrogens with zero attached hydrogens (tertiary/aromatic N) is 3. The van der Waals surface area contributed by atoms with Gasteiger partial charge in [-0.25, -0.2) is 9.78 Å². The predicted octanol–water partition coefficient (Wildman–Crippen LogP) is 6.36. The van der Waals surface area contributed by atoms with Gasteiger partial charge < -0.3 is 15.5 Å². The van der Waals surface area contributed by atoms with Gasteiger partial charge in [0.25, 0.3) is 5.91 Å². The molecule has 1 saturated heterocycles. The highest BCUT2D eigenvalue weighted by Gasteiger charge is 2.30. The average molecular weight is 567 g/mol. The van der Waals surface area contributed by atoms with E-state index in [2.05, 4.69) is 45.1 Å². The zero-order chi connectivity index (χ0) is 28.2. The lowest BCUT2D eigenvalue weighted by Gasteiger charge is -2.25. The van der Waals surface area contributed by atoms with Gasteiger partial charge in [-0.15, -0.1) is 11.3 Å². The number of likely N-dealkylation sites (tertiary alicyclic amines) is 1. The maximum Gasteiger partial charge on any atom is 0.322 e. The van der Waals surface area contributed by atoms with Gasteiger partial charge in [-0.05, 0) is 60.4 Å². The Balaban J connectivity index is 1.10. The highest BCUT2D eigenvalue weighted by atomic mass is 32.1. The number of carbonyl (C=O) groups is 2. The molecule has 3 amide bonds. The molecule has 210 valence electrons. The number of urea groups is 1. The third-order valence-corrected chi connectivity index (χ3v) is 8.75. The van der Waals surface area contributed by atoms with Crippen LogP contribution in [0, 0.1) is 0 Å². The maximum absolute atomic E-state index is 13.3. The molecule has 1 aromatic heterocycles. The van der Waals surface area contributed by atoms with E-state index in [1.165, 1.54) is 10.4 Å². The molecule has 3 heterocycles. The van der Waals surface area contributed by atoms with Crippen LogP contribution in [0.2, 0.25) is 0 Å². The van der Waals surface area contributed by atoms with Gasteiger partial charge in [0.15, 0.2) is 5.13 Å². The average Bonchev–Trinajstić information content (AvgIpc) is 3.65. The summed E-state index contributed by atoms with van der Waals surface area (Å²) in [7, 11) is 1.86. The number of rotatable bonds is 7. The van der Waals surface area contributed by atoms with E-state index in [0.717, 1.165) is 61.5 Å². The lowest BCUT2D eigenvalue weighted by atomic mass is 10.0. The monoisotopic (exact) mass is 566 g/mol. The molecule has 41 heavy (non-hydrogen) atoms. The van der Waals surface area contributed by atoms with Crippen LogP contribution in [-0.4, -0.2) is 46.9 Å². The highest BCUT2D eigenvalue weighted by molar-refractivity contribution is 7.15. The number of fused-ring (bicyclic) bond motifs is 1. The fraction of sp³-hybridized carbons (Fsp3) is 0.281. The largest absolute Gasteiger partial charge is 0.388 e. The minimum Gasteiger partial charge on any atom is -0.388 e. The molecule has 0 aliphatic carbocycles. The molecule has 3 N–H and O–H groups in total. The van der Waals surface area contributed by atoms with Crippen LogP contribution in [0.4, 0.5) is 21.3 Å². The summed E-state index contributed by atoms with van der Waals surface area (Å²) in [5, 5.41) is 9.76. The Kier molecular flexibility index (Phi) is 7.98. The molecule has 1 fully saturated rings. The normalized spacial score (nSPS) is 16.7. The molecule has 0 bridgehead atoms. The fourth-order valence-corrected chi connectivity index (χ4v) is 6.65. The number of thiazole rings is 1. The van der Waals surface area contributed by atoms with Crippen LogP contribution in [-0.2, 0) is 19.5 Å². The van der Waals surface area contributed by atoms with Crippen molar-refractivity contribution in [3.05, 3.63) is 106 Å². The number of benzene rings is 3. The van der Waals surface area contributed by atoms with E-state index in [1.807, 2.05) is 66.5 Å². The van der Waals surface area contributed by atoms with Gasteiger partial charge in [0, 0.05) is 61.5 Å². The summed E-state index contributed by atoms with van der Waals surface area (Å²) in [5.41, 5.74) is 5.65. The Morgan fingerprint density at radius 3 is 2.56 bits per heavy atom. The van der Waals surface area contributed by atoms with E-state index in [0.29, 0.717) is 17.2 Å². The fourth-order valence-electron chi connectivity index (χ4n) is 5.61. The molecule has 0 radical (unpaired) electrons. The Morgan fingerprint density at radius 1 is 0.951 bits per heavy atom. The number of anilines is 3. The van der Waals surface area contributed by atoms with E-state index in [4.69, 9.17) is 4.98 Å². The van der Waals surface area contributed by atoms with Crippen molar-refractivity contribution in [1.82, 2.24) is 14.8 Å². The molecule has 2 aliphatic heterocycles. The Morgan fingerprint density at radius 2 is 1.76 bits per heavy atom. The molecular weight excluding hydrogens is 532 g/mol. The lowest BCUT2D eigenvalue weighted by Crippen LogP contribution is -2.34. The van der Waals surface area contributed by atoms with Crippen molar-refractivity contribution in [1.29, 1.82) is 0 Å². The van der Waals surface area contributed by atoms with Crippen LogP contribution in [0.25, 0.3) is 0 Å². The number of aromatic nitrogens is 1. The van der Waals surface area contributed by atoms with Gasteiger partial charge in [-0.3, -0.25) is 15.0 Å². The van der Waals surface area contributed by atoms with Gasteiger partial charge >= 0.3 is 6.03 Å². The highest BCUT2D eigenvalue weighted by Crippen LogP contribution is 2.34. The first-order valence-electron chi connectivity index (χ1n) is 14.1. The van der Waals surface area contributed by atoms with Gasteiger partial charge in [0.2, 0.25) is 0 Å². The SMILES string of the molecule is CNc1ccc(NC(=O)N2CCCC2c2cccc(C(=O)Nc3nc4c(s3)CN(Cc3ccccc3)CC4)c2)cc1. The van der Waals surface area contributed by atoms with Gasteiger partial charge in [-0.2, -0.15) is 0 Å². The van der Waals surface area contributed by atoms with Crippen molar-refractivity contribution in [2.75, 3.05) is 36.1 Å². The van der Waals surface area contributed by atoms with Crippen LogP contribution >= 0.6 is 11.3 Å². The van der Waals surface area contributed by atoms with Gasteiger partial charge in [-0.1, -0.05) is 42.5 Å². The third kappa shape index (κ3) is 6.26. The van der Waals surface area contributed by atoms with Crippen LogP contribution in [0.5, 0.6) is 0 Å². The summed E-state index contributed by atoms with van der Waals surface area (Å²) in [4.78, 5) is 36.6. The smallest absolute Gasteiger partial charge is 0.322 e. The summed E-state index contributed by atoms with van der Waals surface area (Å²) in [6, 6.07) is 25.5. The summed E-state index contributed by atoms with van der Waals surface area (Å²) < 4.78 is 0. The van der Waals surface area contributed by atoms with Crippen molar-refractivity contribution in [2.24, 2.45) is 0 Å². The molecule has 1 atom stereocenters. The topological polar surface area (TPSA) is 89.6 Å². The Bertz CT molecular complexity index is 1520. The Labute approximate surface area is 244 Å². The second-order valence-corrected chi connectivity index (χ2v) is 11.6. The van der Waals surface area contributed by atoms with Crippen molar-refractivity contribution < 1.29 is 9.59 Å². The predicted molar refractivity (Wildman–Crippen MR) is 164 cm³/mol. The third-order valence-electron chi connectivity index (χ3n) is 7.75. The van der Waals surface area contributed by atoms with Crippen LogP contribution in [0.3, 0.4) is 0 Å². The molecule has 3 aromatic carbocycles. The second-order valence-electron chi connectivity index (χ2n) is 10.5. The van der Waals surface area contributed by atoms with Crippen molar-refractivity contribution in [2.45, 2.75) is 38.4 Å². The molecular formula is C32H34N6O2S. The molecule has 8 nitrogen and oxygen atoms in total. The van der Waals surface area contributed by atoms with E-state index >= 15 is 0 Å². The van der Waals surface area contributed by atoms with Crippen molar-refractivity contribution in [3.8, 4) is 0 Å². The first-order valence-corrected chi connectivity index (χ1v) is 14.9. The number of hydrogen-bond donors (Lipinski definition) is 3. The van der Waals surface area contributed by atoms with Crippen molar-refractivity contribution >= 4 is 39.8 Å². The van der Waals surface area contributed by atoms with Crippen LogP contribution in [0.1, 0.15) is 50.9 Å². The minimum atomic E-state index is -0.183. The Hall–Kier alpha value is -4.21. The maximum atomic E-state index is 13.3. The van der Waals surface area contributed by atoms with E-state index in [-0.39, 0.29) is 18.0 Å². The molecule has 0 spiro atoms. The summed E-state index contributed by atoms with van der Waals surface area (Å²) >= 11 is 1.56. The van der Waals surface area contributed by atoms with Gasteiger partial charge in [0.05, 0.1) is 11.7 Å². The standard InChI is InChI=1S/C32H34N6O2S/c1-33-25-12-14-26(15-13-25)34-32(40)38-17-6-11-28(38)23-9-5-10-24(19-23)30(39)36-31-35-27-16-18-37(21-29(27)41-31)20-22-7-3-2-4-8-22/h2-5,7-10,12-15,19,28,33H,6,11,16-18,20-21H2,1H3,(H,34,40)(H,35,36,39). The number of amides is 3. The molecule has 4 aromatic rings. The number of nitrogens with one attached hydrogen (secondary N) is 3. The van der Waals surface area contributed by atoms with E-state index in [9.17, 15) is 9.59 Å². The first kappa shape index (κ1) is 27.0. The molecule has 1 unspecified atom stereocenters. The lowest BCUT2D eigenvalue weighted by molar-refractivity contribution is 0.102. The van der Waals surface area contributed by atoms with E-state index < -0.39 is 0 Å². The molecule has 2 aliphatic rings. The molecule has 0 saturated carbocycles. The molecule has 9 heteroatoms. The van der Waals surface area contributed by atoms with Crippen LogP contribution in [0.15, 0.2) is 78.9 Å². The number of hydrogen-bond acceptors (Lipinski definition) is 6. The van der Waals surface area contributed by atoms with Gasteiger partial charge in [0.1, 0.15) is 0 Å². The quantitative estimate of drug-likeness (QED) is 0.242. The number of carbonyl (C=O) groups excluding carboxylic acids is 2. The zero-order valence-electron chi connectivity index (χ0n) is 23.1. The first-order chi connectivity index (χ1) is 20.1.